The van der Waals surface area contributed by atoms with Crippen LogP contribution in [-0.4, -0.2) is 6.61 Å². The normalized spacial score (nSPS) is 9.47. The summed E-state index contributed by atoms with van der Waals surface area (Å²) < 4.78 is 5.68. The zero-order valence-corrected chi connectivity index (χ0v) is 9.25. The van der Waals surface area contributed by atoms with Crippen LogP contribution in [0.4, 0.5) is 0 Å². The van der Waals surface area contributed by atoms with Gasteiger partial charge in [0.05, 0.1) is 6.61 Å². The van der Waals surface area contributed by atoms with Gasteiger partial charge in [-0.2, -0.15) is 0 Å². The first-order valence-corrected chi connectivity index (χ1v) is 5.59. The molecule has 0 amide bonds. The summed E-state index contributed by atoms with van der Waals surface area (Å²) >= 11 is 0. The summed E-state index contributed by atoms with van der Waals surface area (Å²) in [6.07, 6.45) is 4.69. The van der Waals surface area contributed by atoms with Crippen LogP contribution < -0.4 is 4.74 Å². The van der Waals surface area contributed by atoms with Gasteiger partial charge in [0.15, 0.2) is 0 Å². The highest BCUT2D eigenvalue weighted by Gasteiger charge is 2.00. The van der Waals surface area contributed by atoms with Crippen LogP contribution in [-0.2, 0) is 6.42 Å². The number of hydrogen-bond acceptors (Lipinski definition) is 1. The average molecular weight is 208 g/mol. The van der Waals surface area contributed by atoms with Crippen LogP contribution in [0.25, 0.3) is 0 Å². The lowest BCUT2D eigenvalue weighted by Crippen LogP contribution is -1.98. The molecule has 0 unspecified atom stereocenters. The summed E-state index contributed by atoms with van der Waals surface area (Å²) in [6, 6.07) is 8.37. The number of ether oxygens (including phenoxy) is 1. The number of hydrogen-bond donors (Lipinski definition) is 0. The van der Waals surface area contributed by atoms with Crippen molar-refractivity contribution in [2.24, 2.45) is 0 Å². The highest BCUT2D eigenvalue weighted by atomic mass is 16.5. The minimum absolute atomic E-state index is 0. The molecule has 0 fully saturated rings. The molecule has 0 aliphatic carbocycles. The van der Waals surface area contributed by atoms with E-state index in [1.807, 2.05) is 6.07 Å². The van der Waals surface area contributed by atoms with Gasteiger partial charge >= 0.3 is 0 Å². The van der Waals surface area contributed by atoms with Crippen molar-refractivity contribution in [2.45, 2.75) is 47.0 Å². The van der Waals surface area contributed by atoms with Crippen molar-refractivity contribution in [3.63, 3.8) is 0 Å². The van der Waals surface area contributed by atoms with Crippen molar-refractivity contribution in [3.05, 3.63) is 29.8 Å². The van der Waals surface area contributed by atoms with Gasteiger partial charge < -0.3 is 4.74 Å². The van der Waals surface area contributed by atoms with E-state index in [2.05, 4.69) is 32.0 Å². The van der Waals surface area contributed by atoms with Gasteiger partial charge in [-0.15, -0.1) is 0 Å². The van der Waals surface area contributed by atoms with Gasteiger partial charge in [-0.3, -0.25) is 0 Å². The third kappa shape index (κ3) is 4.87. The number of benzene rings is 1. The first-order valence-electron chi connectivity index (χ1n) is 5.59. The van der Waals surface area contributed by atoms with Gasteiger partial charge in [0.25, 0.3) is 0 Å². The molecule has 1 aromatic rings. The maximum absolute atomic E-state index is 5.68. The van der Waals surface area contributed by atoms with Crippen LogP contribution in [0.5, 0.6) is 5.75 Å². The van der Waals surface area contributed by atoms with E-state index in [-0.39, 0.29) is 7.43 Å². The van der Waals surface area contributed by atoms with Gasteiger partial charge in [-0.1, -0.05) is 45.9 Å². The van der Waals surface area contributed by atoms with E-state index in [0.717, 1.165) is 25.2 Å². The molecule has 0 aliphatic heterocycles. The van der Waals surface area contributed by atoms with Gasteiger partial charge in [-0.05, 0) is 30.9 Å². The molecule has 1 rings (SSSR count). The maximum atomic E-state index is 5.68. The first kappa shape index (κ1) is 14.0. The fourth-order valence-electron chi connectivity index (χ4n) is 1.43. The van der Waals surface area contributed by atoms with E-state index in [1.165, 1.54) is 18.4 Å². The van der Waals surface area contributed by atoms with E-state index in [9.17, 15) is 0 Å². The zero-order chi connectivity index (χ0) is 10.2. The summed E-state index contributed by atoms with van der Waals surface area (Å²) in [4.78, 5) is 0. The fraction of sp³-hybridized carbons (Fsp3) is 0.571. The van der Waals surface area contributed by atoms with Gasteiger partial charge in [0.1, 0.15) is 5.75 Å². The second-order valence-electron chi connectivity index (χ2n) is 3.56. The number of aryl methyl sites for hydroxylation is 1. The van der Waals surface area contributed by atoms with E-state index in [1.54, 1.807) is 0 Å². The summed E-state index contributed by atoms with van der Waals surface area (Å²) in [5.74, 6) is 1.07. The minimum Gasteiger partial charge on any atom is -0.493 e. The van der Waals surface area contributed by atoms with E-state index >= 15 is 0 Å². The standard InChI is InChI=1S/C13H20O.CH4/c1-3-5-8-12-9-6-7-10-13(12)14-11-4-2;/h6-7,9-10H,3-5,8,11H2,1-2H3;1H4. The fourth-order valence-corrected chi connectivity index (χ4v) is 1.43. The second kappa shape index (κ2) is 8.34. The summed E-state index contributed by atoms with van der Waals surface area (Å²) in [6.45, 7) is 5.17. The zero-order valence-electron chi connectivity index (χ0n) is 9.25. The Labute approximate surface area is 94.5 Å². The van der Waals surface area contributed by atoms with Crippen LogP contribution >= 0.6 is 0 Å². The molecule has 0 heterocycles. The Balaban J connectivity index is 0.00000196. The lowest BCUT2D eigenvalue weighted by Gasteiger charge is -2.09. The van der Waals surface area contributed by atoms with Crippen molar-refractivity contribution < 1.29 is 4.74 Å². The van der Waals surface area contributed by atoms with Crippen molar-refractivity contribution in [3.8, 4) is 5.75 Å². The molecule has 0 saturated carbocycles. The molecule has 0 atom stereocenters. The lowest BCUT2D eigenvalue weighted by atomic mass is 10.1. The Morgan fingerprint density at radius 1 is 1.07 bits per heavy atom. The summed E-state index contributed by atoms with van der Waals surface area (Å²) in [5, 5.41) is 0. The Hall–Kier alpha value is -0.980. The molecule has 86 valence electrons. The second-order valence-corrected chi connectivity index (χ2v) is 3.56. The van der Waals surface area contributed by atoms with Crippen LogP contribution in [0, 0.1) is 0 Å². The molecular formula is C14H24O. The smallest absolute Gasteiger partial charge is 0.122 e. The van der Waals surface area contributed by atoms with Crippen molar-refractivity contribution in [1.82, 2.24) is 0 Å². The summed E-state index contributed by atoms with van der Waals surface area (Å²) in [5.41, 5.74) is 1.35. The molecular weight excluding hydrogens is 184 g/mol. The van der Waals surface area contributed by atoms with Crippen molar-refractivity contribution in [2.75, 3.05) is 6.61 Å². The van der Waals surface area contributed by atoms with E-state index in [0.29, 0.717) is 0 Å². The molecule has 0 saturated heterocycles. The molecule has 0 spiro atoms. The van der Waals surface area contributed by atoms with Crippen LogP contribution in [0.2, 0.25) is 0 Å². The Bertz CT molecular complexity index is 228. The average Bonchev–Trinajstić information content (AvgIpc) is 2.24. The first-order chi connectivity index (χ1) is 6.88. The highest BCUT2D eigenvalue weighted by Crippen LogP contribution is 2.20. The number of para-hydroxylation sites is 1. The van der Waals surface area contributed by atoms with Gasteiger partial charge in [-0.25, -0.2) is 0 Å². The van der Waals surface area contributed by atoms with Crippen molar-refractivity contribution in [1.29, 1.82) is 0 Å². The molecule has 1 aromatic carbocycles. The Morgan fingerprint density at radius 2 is 1.80 bits per heavy atom. The quantitative estimate of drug-likeness (QED) is 0.671. The molecule has 0 aromatic heterocycles. The number of unbranched alkanes of at least 4 members (excludes halogenated alkanes) is 1. The SMILES string of the molecule is C.CCCCc1ccccc1OCCC. The van der Waals surface area contributed by atoms with Gasteiger partial charge in [0.2, 0.25) is 0 Å². The third-order valence-electron chi connectivity index (χ3n) is 2.23. The predicted octanol–water partition coefficient (Wildman–Crippen LogP) is 4.45. The lowest BCUT2D eigenvalue weighted by molar-refractivity contribution is 0.314. The molecule has 0 bridgehead atoms. The summed E-state index contributed by atoms with van der Waals surface area (Å²) in [7, 11) is 0. The van der Waals surface area contributed by atoms with E-state index in [4.69, 9.17) is 4.74 Å². The Kier molecular flexibility index (Phi) is 7.79. The third-order valence-corrected chi connectivity index (χ3v) is 2.23. The van der Waals surface area contributed by atoms with Crippen LogP contribution in [0.3, 0.4) is 0 Å². The highest BCUT2D eigenvalue weighted by molar-refractivity contribution is 5.33. The topological polar surface area (TPSA) is 9.23 Å². The molecule has 1 heteroatoms. The molecule has 1 nitrogen and oxygen atoms in total. The molecule has 15 heavy (non-hydrogen) atoms. The van der Waals surface area contributed by atoms with Gasteiger partial charge in [0, 0.05) is 0 Å². The molecule has 0 aliphatic rings. The monoisotopic (exact) mass is 208 g/mol. The predicted molar refractivity (Wildman–Crippen MR) is 67.6 cm³/mol. The van der Waals surface area contributed by atoms with Crippen molar-refractivity contribution >= 4 is 0 Å². The number of rotatable bonds is 6. The molecule has 0 N–H and O–H groups in total. The van der Waals surface area contributed by atoms with Crippen LogP contribution in [0.1, 0.15) is 46.1 Å². The minimum atomic E-state index is 0. The largest absolute Gasteiger partial charge is 0.493 e. The van der Waals surface area contributed by atoms with Crippen LogP contribution in [0.15, 0.2) is 24.3 Å². The Morgan fingerprint density at radius 3 is 2.47 bits per heavy atom. The maximum Gasteiger partial charge on any atom is 0.122 e. The van der Waals surface area contributed by atoms with E-state index < -0.39 is 0 Å². The molecule has 0 radical (unpaired) electrons.